The zero-order valence-electron chi connectivity index (χ0n) is 5.76. The summed E-state index contributed by atoms with van der Waals surface area (Å²) in [6.45, 7) is 3.14. The van der Waals surface area contributed by atoms with Gasteiger partial charge in [-0.25, -0.2) is 4.57 Å². The first-order valence-electron chi connectivity index (χ1n) is 3.21. The Morgan fingerprint density at radius 1 is 1.67 bits per heavy atom. The molecule has 0 aliphatic carbocycles. The second kappa shape index (κ2) is 1.35. The Balaban J connectivity index is 2.67. The Hall–Kier alpha value is -0.860. The lowest BCUT2D eigenvalue weighted by Crippen LogP contribution is -2.39. The van der Waals surface area contributed by atoms with Crippen LogP contribution in [-0.4, -0.2) is 9.78 Å². The van der Waals surface area contributed by atoms with Gasteiger partial charge in [0.15, 0.2) is 0 Å². The van der Waals surface area contributed by atoms with E-state index < -0.39 is 0 Å². The van der Waals surface area contributed by atoms with Crippen LogP contribution in [0.5, 0.6) is 0 Å². The van der Waals surface area contributed by atoms with Crippen LogP contribution >= 0.6 is 0 Å². The van der Waals surface area contributed by atoms with E-state index >= 15 is 0 Å². The van der Waals surface area contributed by atoms with E-state index in [0.29, 0.717) is 0 Å². The van der Waals surface area contributed by atoms with Crippen molar-refractivity contribution in [2.24, 2.45) is 7.05 Å². The van der Waals surface area contributed by atoms with Gasteiger partial charge >= 0.3 is 0 Å². The summed E-state index contributed by atoms with van der Waals surface area (Å²) in [6, 6.07) is 0. The van der Waals surface area contributed by atoms with Crippen LogP contribution in [0.4, 0.5) is 0 Å². The lowest BCUT2D eigenvalue weighted by atomic mass is 10.3. The van der Waals surface area contributed by atoms with Gasteiger partial charge in [-0.2, -0.15) is 0 Å². The van der Waals surface area contributed by atoms with Gasteiger partial charge in [-0.3, -0.25) is 0 Å². The van der Waals surface area contributed by atoms with Crippen LogP contribution < -0.4 is 4.57 Å². The maximum atomic E-state index is 4.28. The molecule has 0 spiro atoms. The van der Waals surface area contributed by atoms with Crippen molar-refractivity contribution in [1.82, 2.24) is 9.78 Å². The molecule has 9 heavy (non-hydrogen) atoms. The van der Waals surface area contributed by atoms with E-state index in [-0.39, 0.29) is 0 Å². The molecule has 1 aliphatic heterocycles. The highest BCUT2D eigenvalue weighted by Gasteiger charge is 2.27. The van der Waals surface area contributed by atoms with Gasteiger partial charge in [0.1, 0.15) is 6.54 Å². The monoisotopic (exact) mass is 124 g/mol. The SMILES string of the molecule is Cc1nn2c([n+]1C)CC2. The van der Waals surface area contributed by atoms with Crippen molar-refractivity contribution in [2.75, 3.05) is 0 Å². The minimum atomic E-state index is 1.11. The van der Waals surface area contributed by atoms with E-state index in [9.17, 15) is 0 Å². The van der Waals surface area contributed by atoms with Gasteiger partial charge in [0.2, 0.25) is 5.82 Å². The third-order valence-electron chi connectivity index (χ3n) is 1.98. The molecule has 3 nitrogen and oxygen atoms in total. The van der Waals surface area contributed by atoms with E-state index in [1.54, 1.807) is 0 Å². The average molecular weight is 124 g/mol. The first-order chi connectivity index (χ1) is 4.29. The summed E-state index contributed by atoms with van der Waals surface area (Å²) in [4.78, 5) is 0. The van der Waals surface area contributed by atoms with Crippen LogP contribution in [0, 0.1) is 6.92 Å². The molecule has 0 unspecified atom stereocenters. The number of rotatable bonds is 0. The summed E-state index contributed by atoms with van der Waals surface area (Å²) in [7, 11) is 2.06. The topological polar surface area (TPSA) is 21.7 Å². The summed E-state index contributed by atoms with van der Waals surface area (Å²) in [6.07, 6.45) is 1.19. The fourth-order valence-corrected chi connectivity index (χ4v) is 1.19. The number of aromatic nitrogens is 3. The standard InChI is InChI=1S/C6H10N3/c1-5-7-9-4-3-6(9)8(5)2/h3-4H2,1-2H3/q+1. The van der Waals surface area contributed by atoms with Crippen molar-refractivity contribution < 1.29 is 4.57 Å². The number of hydrogen-bond donors (Lipinski definition) is 0. The summed E-state index contributed by atoms with van der Waals surface area (Å²) in [5.41, 5.74) is 0. The van der Waals surface area contributed by atoms with Gasteiger partial charge in [-0.15, -0.1) is 4.68 Å². The van der Waals surface area contributed by atoms with Gasteiger partial charge in [-0.05, 0) is 0 Å². The molecule has 1 aromatic rings. The number of fused-ring (bicyclic) bond motifs is 1. The summed E-state index contributed by atoms with van der Waals surface area (Å²) >= 11 is 0. The van der Waals surface area contributed by atoms with Crippen molar-refractivity contribution in [3.63, 3.8) is 0 Å². The van der Waals surface area contributed by atoms with Crippen molar-refractivity contribution in [2.45, 2.75) is 19.9 Å². The molecule has 0 amide bonds. The molecule has 0 N–H and O–H groups in total. The minimum absolute atomic E-state index is 1.11. The molecule has 0 aromatic carbocycles. The summed E-state index contributed by atoms with van der Waals surface area (Å²) in [5, 5.41) is 4.28. The Kier molecular flexibility index (Phi) is 0.743. The number of nitrogens with zero attached hydrogens (tertiary/aromatic N) is 3. The first-order valence-corrected chi connectivity index (χ1v) is 3.21. The maximum Gasteiger partial charge on any atom is 0.274 e. The Morgan fingerprint density at radius 2 is 2.44 bits per heavy atom. The molecular formula is C6H10N3+. The fourth-order valence-electron chi connectivity index (χ4n) is 1.19. The van der Waals surface area contributed by atoms with Crippen LogP contribution in [-0.2, 0) is 20.0 Å². The number of hydrogen-bond acceptors (Lipinski definition) is 1. The molecule has 0 radical (unpaired) electrons. The Bertz CT molecular complexity index is 239. The quantitative estimate of drug-likeness (QED) is 0.430. The van der Waals surface area contributed by atoms with Gasteiger partial charge in [0.05, 0.1) is 13.5 Å². The van der Waals surface area contributed by atoms with E-state index in [1.165, 1.54) is 12.2 Å². The van der Waals surface area contributed by atoms with E-state index in [1.807, 2.05) is 6.92 Å². The van der Waals surface area contributed by atoms with Crippen LogP contribution in [0.3, 0.4) is 0 Å². The third-order valence-corrected chi connectivity index (χ3v) is 1.98. The largest absolute Gasteiger partial charge is 0.274 e. The van der Waals surface area contributed by atoms with Gasteiger partial charge in [0, 0.05) is 12.0 Å². The van der Waals surface area contributed by atoms with Crippen molar-refractivity contribution in [3.05, 3.63) is 11.6 Å². The highest BCUT2D eigenvalue weighted by atomic mass is 15.4. The Labute approximate surface area is 53.9 Å². The van der Waals surface area contributed by atoms with Crippen LogP contribution in [0.1, 0.15) is 11.6 Å². The lowest BCUT2D eigenvalue weighted by molar-refractivity contribution is -0.688. The van der Waals surface area contributed by atoms with Crippen molar-refractivity contribution >= 4 is 0 Å². The third kappa shape index (κ3) is 0.465. The molecule has 1 aliphatic rings. The number of aryl methyl sites for hydroxylation is 2. The molecule has 0 bridgehead atoms. The lowest BCUT2D eigenvalue weighted by Gasteiger charge is -2.05. The molecule has 0 atom stereocenters. The van der Waals surface area contributed by atoms with Gasteiger partial charge in [-0.1, -0.05) is 0 Å². The summed E-state index contributed by atoms with van der Waals surface area (Å²) in [5.74, 6) is 2.47. The molecule has 3 heteroatoms. The minimum Gasteiger partial charge on any atom is -0.235 e. The summed E-state index contributed by atoms with van der Waals surface area (Å²) < 4.78 is 4.19. The molecule has 48 valence electrons. The highest BCUT2D eigenvalue weighted by Crippen LogP contribution is 2.06. The fraction of sp³-hybridized carbons (Fsp3) is 0.667. The molecule has 0 saturated carbocycles. The smallest absolute Gasteiger partial charge is 0.235 e. The van der Waals surface area contributed by atoms with Gasteiger partial charge < -0.3 is 0 Å². The zero-order chi connectivity index (χ0) is 6.43. The second-order valence-electron chi connectivity index (χ2n) is 2.50. The predicted molar refractivity (Wildman–Crippen MR) is 31.8 cm³/mol. The van der Waals surface area contributed by atoms with E-state index in [0.717, 1.165) is 12.4 Å². The van der Waals surface area contributed by atoms with Crippen molar-refractivity contribution in [1.29, 1.82) is 0 Å². The van der Waals surface area contributed by atoms with Crippen LogP contribution in [0.15, 0.2) is 0 Å². The predicted octanol–water partition coefficient (Wildman–Crippen LogP) is -0.428. The second-order valence-corrected chi connectivity index (χ2v) is 2.50. The normalized spacial score (nSPS) is 14.9. The van der Waals surface area contributed by atoms with Crippen molar-refractivity contribution in [3.8, 4) is 0 Å². The molecule has 0 saturated heterocycles. The van der Waals surface area contributed by atoms with Gasteiger partial charge in [0.25, 0.3) is 5.82 Å². The van der Waals surface area contributed by atoms with E-state index in [4.69, 9.17) is 0 Å². The van der Waals surface area contributed by atoms with Crippen LogP contribution in [0.25, 0.3) is 0 Å². The average Bonchev–Trinajstić information content (AvgIpc) is 1.92. The molecular weight excluding hydrogens is 114 g/mol. The molecule has 2 rings (SSSR count). The van der Waals surface area contributed by atoms with E-state index in [2.05, 4.69) is 21.4 Å². The maximum absolute atomic E-state index is 4.28. The zero-order valence-corrected chi connectivity index (χ0v) is 5.76. The molecule has 0 fully saturated rings. The molecule has 1 aromatic heterocycles. The van der Waals surface area contributed by atoms with Crippen LogP contribution in [0.2, 0.25) is 0 Å². The first kappa shape index (κ1) is 4.97. The Morgan fingerprint density at radius 3 is 2.67 bits per heavy atom. The highest BCUT2D eigenvalue weighted by molar-refractivity contribution is 4.88. The molecule has 2 heterocycles.